The van der Waals surface area contributed by atoms with Crippen LogP contribution >= 0.6 is 11.8 Å². The van der Waals surface area contributed by atoms with E-state index in [1.54, 1.807) is 18.9 Å². The lowest BCUT2D eigenvalue weighted by Crippen LogP contribution is -2.19. The first kappa shape index (κ1) is 15.0. The van der Waals surface area contributed by atoms with Gasteiger partial charge >= 0.3 is 0 Å². The zero-order valence-electron chi connectivity index (χ0n) is 12.1. The second kappa shape index (κ2) is 7.42. The molecule has 0 aliphatic heterocycles. The number of rotatable bonds is 7. The van der Waals surface area contributed by atoms with Crippen molar-refractivity contribution in [1.82, 2.24) is 20.5 Å². The maximum atomic E-state index is 5.04. The summed E-state index contributed by atoms with van der Waals surface area (Å²) in [5, 5.41) is 11.2. The summed E-state index contributed by atoms with van der Waals surface area (Å²) >= 11 is 1.58. The van der Waals surface area contributed by atoms with Gasteiger partial charge in [0.2, 0.25) is 5.16 Å². The molecule has 0 saturated carbocycles. The first-order chi connectivity index (χ1) is 9.69. The van der Waals surface area contributed by atoms with Crippen molar-refractivity contribution in [2.24, 2.45) is 0 Å². The molecule has 0 radical (unpaired) electrons. The fourth-order valence-corrected chi connectivity index (χ4v) is 2.68. The van der Waals surface area contributed by atoms with Crippen LogP contribution in [0.25, 0.3) is 0 Å². The Hall–Kier alpha value is -1.37. The third-order valence-corrected chi connectivity index (χ3v) is 3.78. The summed E-state index contributed by atoms with van der Waals surface area (Å²) in [4.78, 5) is 5.52. The highest BCUT2D eigenvalue weighted by atomic mass is 32.2. The summed E-state index contributed by atoms with van der Waals surface area (Å²) in [5.74, 6) is 0.833. The van der Waals surface area contributed by atoms with Gasteiger partial charge in [-0.15, -0.1) is 5.10 Å². The zero-order valence-corrected chi connectivity index (χ0v) is 12.9. The minimum atomic E-state index is 0.717. The average Bonchev–Trinajstić information content (AvgIpc) is 2.83. The van der Waals surface area contributed by atoms with Crippen molar-refractivity contribution in [1.29, 1.82) is 0 Å². The van der Waals surface area contributed by atoms with Gasteiger partial charge in [0, 0.05) is 25.1 Å². The monoisotopic (exact) mass is 292 g/mol. The van der Waals surface area contributed by atoms with Gasteiger partial charge in [0.1, 0.15) is 5.82 Å². The number of nitrogens with zero attached hydrogens (tertiary/aromatic N) is 2. The van der Waals surface area contributed by atoms with Crippen LogP contribution in [-0.4, -0.2) is 35.4 Å². The largest absolute Gasteiger partial charge is 0.383 e. The predicted molar refractivity (Wildman–Crippen MR) is 80.0 cm³/mol. The maximum absolute atomic E-state index is 5.04. The number of aromatic nitrogens is 3. The van der Waals surface area contributed by atoms with Crippen LogP contribution in [0.4, 0.5) is 0 Å². The van der Waals surface area contributed by atoms with E-state index in [9.17, 15) is 0 Å². The van der Waals surface area contributed by atoms with E-state index in [1.807, 2.05) is 6.92 Å². The van der Waals surface area contributed by atoms with Crippen molar-refractivity contribution in [3.05, 3.63) is 35.2 Å². The molecule has 108 valence electrons. The molecule has 0 saturated heterocycles. The molecule has 20 heavy (non-hydrogen) atoms. The lowest BCUT2D eigenvalue weighted by atomic mass is 10.1. The Morgan fingerprint density at radius 3 is 2.90 bits per heavy atom. The molecule has 1 aromatic carbocycles. The number of benzene rings is 1. The Labute approximate surface area is 123 Å². The van der Waals surface area contributed by atoms with Crippen molar-refractivity contribution in [2.45, 2.75) is 30.4 Å². The van der Waals surface area contributed by atoms with Gasteiger partial charge in [0.05, 0.1) is 6.61 Å². The Kier molecular flexibility index (Phi) is 5.58. The maximum Gasteiger partial charge on any atom is 0.213 e. The number of methoxy groups -OCH3 is 1. The summed E-state index contributed by atoms with van der Waals surface area (Å²) in [6, 6.07) is 6.43. The third-order valence-electron chi connectivity index (χ3n) is 2.79. The molecule has 0 aliphatic carbocycles. The second-order valence-electron chi connectivity index (χ2n) is 4.59. The summed E-state index contributed by atoms with van der Waals surface area (Å²) in [6.07, 6.45) is 0. The van der Waals surface area contributed by atoms with Gasteiger partial charge in [0.15, 0.2) is 0 Å². The van der Waals surface area contributed by atoms with E-state index in [0.29, 0.717) is 6.61 Å². The number of nitrogens with one attached hydrogen (secondary N) is 2. The molecule has 6 heteroatoms. The molecule has 0 unspecified atom stereocenters. The Morgan fingerprint density at radius 2 is 2.20 bits per heavy atom. The van der Waals surface area contributed by atoms with Crippen molar-refractivity contribution >= 4 is 11.8 Å². The van der Waals surface area contributed by atoms with Crippen LogP contribution in [0.5, 0.6) is 0 Å². The van der Waals surface area contributed by atoms with E-state index in [4.69, 9.17) is 4.74 Å². The lowest BCUT2D eigenvalue weighted by Gasteiger charge is -2.10. The molecule has 0 atom stereocenters. The van der Waals surface area contributed by atoms with Gasteiger partial charge in [-0.2, -0.15) is 0 Å². The number of hydrogen-bond acceptors (Lipinski definition) is 5. The fraction of sp³-hybridized carbons (Fsp3) is 0.429. The van der Waals surface area contributed by atoms with Gasteiger partial charge in [-0.05, 0) is 37.2 Å². The van der Waals surface area contributed by atoms with Crippen LogP contribution in [0, 0.1) is 13.8 Å². The Bertz CT molecular complexity index is 556. The lowest BCUT2D eigenvalue weighted by molar-refractivity contribution is 0.199. The number of ether oxygens (including phenoxy) is 1. The van der Waals surface area contributed by atoms with Crippen LogP contribution in [0.15, 0.2) is 28.3 Å². The quantitative estimate of drug-likeness (QED) is 0.767. The molecular weight excluding hydrogens is 272 g/mol. The molecule has 2 N–H and O–H groups in total. The fourth-order valence-electron chi connectivity index (χ4n) is 1.81. The van der Waals surface area contributed by atoms with Crippen molar-refractivity contribution < 1.29 is 4.74 Å². The van der Waals surface area contributed by atoms with E-state index < -0.39 is 0 Å². The molecule has 0 amide bonds. The molecule has 0 fully saturated rings. The van der Waals surface area contributed by atoms with E-state index in [2.05, 4.69) is 45.6 Å². The first-order valence-corrected chi connectivity index (χ1v) is 7.36. The Balaban J connectivity index is 2.06. The second-order valence-corrected chi connectivity index (χ2v) is 5.60. The van der Waals surface area contributed by atoms with Crippen LogP contribution in [0.1, 0.15) is 17.0 Å². The van der Waals surface area contributed by atoms with Crippen molar-refractivity contribution in [2.75, 3.05) is 20.3 Å². The van der Waals surface area contributed by atoms with Crippen molar-refractivity contribution in [3.63, 3.8) is 0 Å². The number of hydrogen-bond donors (Lipinski definition) is 2. The highest BCUT2D eigenvalue weighted by Crippen LogP contribution is 2.28. The summed E-state index contributed by atoms with van der Waals surface area (Å²) in [6.45, 7) is 6.38. The third kappa shape index (κ3) is 4.33. The van der Waals surface area contributed by atoms with Crippen LogP contribution in [-0.2, 0) is 11.3 Å². The highest BCUT2D eigenvalue weighted by Gasteiger charge is 2.08. The van der Waals surface area contributed by atoms with Gasteiger partial charge in [-0.3, -0.25) is 5.10 Å². The molecule has 2 aromatic rings. The van der Waals surface area contributed by atoms with Crippen LogP contribution in [0.3, 0.4) is 0 Å². The van der Waals surface area contributed by atoms with E-state index in [-0.39, 0.29) is 0 Å². The topological polar surface area (TPSA) is 62.8 Å². The minimum Gasteiger partial charge on any atom is -0.383 e. The standard InChI is InChI=1S/C14H20N4OS/c1-10-4-5-13(20-14-16-11(2)17-18-14)12(8-10)9-15-6-7-19-3/h4-5,8,15H,6-7,9H2,1-3H3,(H,16,17,18). The van der Waals surface area contributed by atoms with E-state index in [0.717, 1.165) is 24.1 Å². The molecule has 5 nitrogen and oxygen atoms in total. The summed E-state index contributed by atoms with van der Waals surface area (Å²) in [7, 11) is 1.71. The number of aryl methyl sites for hydroxylation is 2. The average molecular weight is 292 g/mol. The molecular formula is C14H20N4OS. The van der Waals surface area contributed by atoms with Gasteiger partial charge in [-0.25, -0.2) is 4.98 Å². The zero-order chi connectivity index (χ0) is 14.4. The summed E-state index contributed by atoms with van der Waals surface area (Å²) in [5.41, 5.74) is 2.51. The first-order valence-electron chi connectivity index (χ1n) is 6.55. The van der Waals surface area contributed by atoms with Gasteiger partial charge in [0.25, 0.3) is 0 Å². The van der Waals surface area contributed by atoms with Gasteiger partial charge < -0.3 is 10.1 Å². The number of H-pyrrole nitrogens is 1. The highest BCUT2D eigenvalue weighted by molar-refractivity contribution is 7.99. The van der Waals surface area contributed by atoms with Crippen LogP contribution < -0.4 is 5.32 Å². The summed E-state index contributed by atoms with van der Waals surface area (Å²) < 4.78 is 5.04. The number of aromatic amines is 1. The van der Waals surface area contributed by atoms with E-state index >= 15 is 0 Å². The molecule has 0 bridgehead atoms. The smallest absolute Gasteiger partial charge is 0.213 e. The predicted octanol–water partition coefficient (Wildman–Crippen LogP) is 2.31. The van der Waals surface area contributed by atoms with Crippen LogP contribution in [0.2, 0.25) is 0 Å². The SMILES string of the molecule is COCCNCc1cc(C)ccc1Sc1n[nH]c(C)n1. The Morgan fingerprint density at radius 1 is 1.35 bits per heavy atom. The normalized spacial score (nSPS) is 10.9. The molecule has 1 heterocycles. The van der Waals surface area contributed by atoms with E-state index in [1.165, 1.54) is 16.0 Å². The van der Waals surface area contributed by atoms with Crippen molar-refractivity contribution in [3.8, 4) is 0 Å². The molecule has 2 rings (SSSR count). The molecule has 0 aliphatic rings. The minimum absolute atomic E-state index is 0.717. The molecule has 1 aromatic heterocycles. The van der Waals surface area contributed by atoms with Gasteiger partial charge in [-0.1, -0.05) is 17.7 Å². The molecule has 0 spiro atoms.